The molecule has 1 aromatic carbocycles. The van der Waals surface area contributed by atoms with Crippen LogP contribution in [0.4, 0.5) is 0 Å². The van der Waals surface area contributed by atoms with Crippen molar-refractivity contribution in [2.24, 2.45) is 5.73 Å². The molecule has 0 aromatic heterocycles. The van der Waals surface area contributed by atoms with E-state index in [1.54, 1.807) is 7.05 Å². The van der Waals surface area contributed by atoms with E-state index in [2.05, 4.69) is 5.32 Å². The molecular formula is C15H21N3O2. The molecule has 3 N–H and O–H groups in total. The van der Waals surface area contributed by atoms with Crippen molar-refractivity contribution in [3.63, 3.8) is 0 Å². The van der Waals surface area contributed by atoms with Crippen molar-refractivity contribution in [1.29, 1.82) is 0 Å². The third-order valence-electron chi connectivity index (χ3n) is 3.32. The Bertz CT molecular complexity index is 471. The van der Waals surface area contributed by atoms with Gasteiger partial charge in [-0.25, -0.2) is 0 Å². The summed E-state index contributed by atoms with van der Waals surface area (Å²) in [5.41, 5.74) is 6.93. The van der Waals surface area contributed by atoms with Gasteiger partial charge in [0.25, 0.3) is 0 Å². The van der Waals surface area contributed by atoms with Crippen LogP contribution in [0.5, 0.6) is 0 Å². The van der Waals surface area contributed by atoms with Crippen molar-refractivity contribution in [1.82, 2.24) is 10.2 Å². The van der Waals surface area contributed by atoms with Gasteiger partial charge in [-0.15, -0.1) is 0 Å². The summed E-state index contributed by atoms with van der Waals surface area (Å²) in [6.45, 7) is 0.0673. The summed E-state index contributed by atoms with van der Waals surface area (Å²) in [4.78, 5) is 25.1. The van der Waals surface area contributed by atoms with Crippen LogP contribution in [0.2, 0.25) is 0 Å². The first-order valence-corrected chi connectivity index (χ1v) is 6.90. The molecule has 0 spiro atoms. The summed E-state index contributed by atoms with van der Waals surface area (Å²) in [6, 6.07) is 9.32. The Morgan fingerprint density at radius 2 is 2.00 bits per heavy atom. The number of hydrogen-bond donors (Lipinski definition) is 2. The van der Waals surface area contributed by atoms with E-state index >= 15 is 0 Å². The van der Waals surface area contributed by atoms with Crippen LogP contribution < -0.4 is 11.1 Å². The average molecular weight is 275 g/mol. The van der Waals surface area contributed by atoms with Crippen LogP contribution in [-0.4, -0.2) is 42.4 Å². The first-order chi connectivity index (χ1) is 9.56. The molecule has 1 aliphatic carbocycles. The standard InChI is InChI=1S/C15H21N3O2/c1-18(10-14(19)17-12-7-8-12)15(20)13(16)9-11-5-3-2-4-6-11/h2-6,12-13H,7-10,16H2,1H3,(H,17,19). The first-order valence-electron chi connectivity index (χ1n) is 6.90. The maximum Gasteiger partial charge on any atom is 0.240 e. The summed E-state index contributed by atoms with van der Waals surface area (Å²) in [5.74, 6) is -0.324. The van der Waals surface area contributed by atoms with Crippen LogP contribution in [0.3, 0.4) is 0 Å². The lowest BCUT2D eigenvalue weighted by atomic mass is 10.1. The van der Waals surface area contributed by atoms with E-state index in [0.29, 0.717) is 12.5 Å². The molecule has 1 aliphatic rings. The second kappa shape index (κ2) is 6.52. The van der Waals surface area contributed by atoms with Gasteiger partial charge in [0.15, 0.2) is 0 Å². The Kier molecular flexibility index (Phi) is 4.74. The van der Waals surface area contributed by atoms with Crippen LogP contribution in [0.1, 0.15) is 18.4 Å². The quantitative estimate of drug-likeness (QED) is 0.783. The van der Waals surface area contributed by atoms with Gasteiger partial charge in [-0.3, -0.25) is 9.59 Å². The summed E-state index contributed by atoms with van der Waals surface area (Å²) in [7, 11) is 1.61. The SMILES string of the molecule is CN(CC(=O)NC1CC1)C(=O)C(N)Cc1ccccc1. The zero-order chi connectivity index (χ0) is 14.5. The highest BCUT2D eigenvalue weighted by atomic mass is 16.2. The molecule has 0 heterocycles. The average Bonchev–Trinajstić information content (AvgIpc) is 3.22. The number of nitrogens with two attached hydrogens (primary N) is 1. The topological polar surface area (TPSA) is 75.4 Å². The van der Waals surface area contributed by atoms with E-state index in [1.807, 2.05) is 30.3 Å². The second-order valence-corrected chi connectivity index (χ2v) is 5.33. The molecule has 1 saturated carbocycles. The lowest BCUT2D eigenvalue weighted by molar-refractivity contribution is -0.135. The van der Waals surface area contributed by atoms with Crippen LogP contribution in [-0.2, 0) is 16.0 Å². The molecular weight excluding hydrogens is 254 g/mol. The smallest absolute Gasteiger partial charge is 0.240 e. The second-order valence-electron chi connectivity index (χ2n) is 5.33. The molecule has 5 heteroatoms. The predicted octanol–water partition coefficient (Wildman–Crippen LogP) is 0.293. The number of nitrogens with zero attached hydrogens (tertiary/aromatic N) is 1. The number of benzene rings is 1. The lowest BCUT2D eigenvalue weighted by Crippen LogP contribution is -2.47. The van der Waals surface area contributed by atoms with Gasteiger partial charge < -0.3 is 16.0 Å². The van der Waals surface area contributed by atoms with E-state index < -0.39 is 6.04 Å². The Hall–Kier alpha value is -1.88. The number of likely N-dealkylation sites (N-methyl/N-ethyl adjacent to an activating group) is 1. The van der Waals surface area contributed by atoms with Crippen molar-refractivity contribution in [3.8, 4) is 0 Å². The minimum absolute atomic E-state index is 0.0673. The molecule has 0 aliphatic heterocycles. The van der Waals surface area contributed by atoms with Gasteiger partial charge in [0, 0.05) is 13.1 Å². The number of hydrogen-bond acceptors (Lipinski definition) is 3. The van der Waals surface area contributed by atoms with E-state index in [9.17, 15) is 9.59 Å². The molecule has 0 radical (unpaired) electrons. The fourth-order valence-electron chi connectivity index (χ4n) is 2.03. The van der Waals surface area contributed by atoms with Crippen LogP contribution >= 0.6 is 0 Å². The van der Waals surface area contributed by atoms with Crippen LogP contribution in [0.25, 0.3) is 0 Å². The summed E-state index contributed by atoms with van der Waals surface area (Å²) >= 11 is 0. The van der Waals surface area contributed by atoms with E-state index in [4.69, 9.17) is 5.73 Å². The largest absolute Gasteiger partial charge is 0.352 e. The molecule has 2 amide bonds. The van der Waals surface area contributed by atoms with Crippen molar-refractivity contribution < 1.29 is 9.59 Å². The Balaban J connectivity index is 1.80. The van der Waals surface area contributed by atoms with Crippen molar-refractivity contribution in [3.05, 3.63) is 35.9 Å². The summed E-state index contributed by atoms with van der Waals surface area (Å²) in [5, 5.41) is 2.85. The molecule has 0 saturated heterocycles. The predicted molar refractivity (Wildman–Crippen MR) is 76.9 cm³/mol. The maximum atomic E-state index is 12.1. The highest BCUT2D eigenvalue weighted by Crippen LogP contribution is 2.18. The molecule has 1 atom stereocenters. The zero-order valence-corrected chi connectivity index (χ0v) is 11.7. The molecule has 1 fully saturated rings. The molecule has 1 aromatic rings. The van der Waals surface area contributed by atoms with Gasteiger partial charge in [-0.2, -0.15) is 0 Å². The molecule has 108 valence electrons. The van der Waals surface area contributed by atoms with Gasteiger partial charge in [-0.05, 0) is 24.8 Å². The third-order valence-corrected chi connectivity index (χ3v) is 3.32. The summed E-state index contributed by atoms with van der Waals surface area (Å²) < 4.78 is 0. The van der Waals surface area contributed by atoms with Crippen molar-refractivity contribution >= 4 is 11.8 Å². The number of rotatable bonds is 6. The lowest BCUT2D eigenvalue weighted by Gasteiger charge is -2.21. The van der Waals surface area contributed by atoms with Crippen LogP contribution in [0, 0.1) is 0 Å². The molecule has 0 bridgehead atoms. The van der Waals surface area contributed by atoms with Gasteiger partial charge in [0.1, 0.15) is 0 Å². The maximum absolute atomic E-state index is 12.1. The van der Waals surface area contributed by atoms with Gasteiger partial charge in [0.05, 0.1) is 12.6 Å². The number of amides is 2. The molecule has 5 nitrogen and oxygen atoms in total. The highest BCUT2D eigenvalue weighted by molar-refractivity contribution is 5.87. The van der Waals surface area contributed by atoms with Gasteiger partial charge in [0.2, 0.25) is 11.8 Å². The minimum atomic E-state index is -0.615. The summed E-state index contributed by atoms with van der Waals surface area (Å²) in [6.07, 6.45) is 2.56. The normalized spacial score (nSPS) is 15.5. The van der Waals surface area contributed by atoms with E-state index in [0.717, 1.165) is 18.4 Å². The fraction of sp³-hybridized carbons (Fsp3) is 0.467. The van der Waals surface area contributed by atoms with Crippen molar-refractivity contribution in [2.75, 3.05) is 13.6 Å². The monoisotopic (exact) mass is 275 g/mol. The van der Waals surface area contributed by atoms with E-state index in [-0.39, 0.29) is 18.4 Å². The van der Waals surface area contributed by atoms with E-state index in [1.165, 1.54) is 4.90 Å². The number of carbonyl (C=O) groups excluding carboxylic acids is 2. The zero-order valence-electron chi connectivity index (χ0n) is 11.7. The highest BCUT2D eigenvalue weighted by Gasteiger charge is 2.25. The minimum Gasteiger partial charge on any atom is -0.352 e. The molecule has 1 unspecified atom stereocenters. The fourth-order valence-corrected chi connectivity index (χ4v) is 2.03. The van der Waals surface area contributed by atoms with Gasteiger partial charge >= 0.3 is 0 Å². The Morgan fingerprint density at radius 3 is 2.60 bits per heavy atom. The first kappa shape index (κ1) is 14.5. The van der Waals surface area contributed by atoms with Crippen molar-refractivity contribution in [2.45, 2.75) is 31.3 Å². The Morgan fingerprint density at radius 1 is 1.35 bits per heavy atom. The molecule has 2 rings (SSSR count). The molecule has 20 heavy (non-hydrogen) atoms. The van der Waals surface area contributed by atoms with Gasteiger partial charge in [-0.1, -0.05) is 30.3 Å². The Labute approximate surface area is 119 Å². The van der Waals surface area contributed by atoms with Crippen LogP contribution in [0.15, 0.2) is 30.3 Å². The number of nitrogens with one attached hydrogen (secondary N) is 1. The number of carbonyl (C=O) groups is 2. The third kappa shape index (κ3) is 4.35.